The number of hydrogen-bond donors (Lipinski definition) is 0. The molecule has 0 saturated heterocycles. The molecular weight excluding hydrogens is 436 g/mol. The minimum atomic E-state index is -1.95. The second-order valence-corrected chi connectivity index (χ2v) is 21.7. The lowest BCUT2D eigenvalue weighted by Crippen LogP contribution is -2.51. The van der Waals surface area contributed by atoms with Crippen molar-refractivity contribution in [2.24, 2.45) is 5.92 Å². The lowest BCUT2D eigenvalue weighted by molar-refractivity contribution is 0.0637. The van der Waals surface area contributed by atoms with Crippen LogP contribution in [-0.4, -0.2) is 28.8 Å². The summed E-state index contributed by atoms with van der Waals surface area (Å²) >= 11 is 0. The van der Waals surface area contributed by atoms with Gasteiger partial charge in [0.25, 0.3) is 0 Å². The van der Waals surface area contributed by atoms with Gasteiger partial charge in [-0.25, -0.2) is 0 Å². The molecule has 1 aliphatic carbocycles. The van der Waals surface area contributed by atoms with Gasteiger partial charge < -0.3 is 8.85 Å². The van der Waals surface area contributed by atoms with Gasteiger partial charge in [0.05, 0.1) is 12.2 Å². The van der Waals surface area contributed by atoms with Crippen molar-refractivity contribution in [1.29, 1.82) is 0 Å². The molecule has 1 aliphatic rings. The molecule has 0 heterocycles. The van der Waals surface area contributed by atoms with E-state index in [4.69, 9.17) is 15.3 Å². The molecule has 0 saturated carbocycles. The molecule has 0 amide bonds. The van der Waals surface area contributed by atoms with E-state index in [1.165, 1.54) is 16.7 Å². The topological polar surface area (TPSA) is 18.5 Å². The highest BCUT2D eigenvalue weighted by molar-refractivity contribution is 6.77. The Bertz CT molecular complexity index is 694. The largest absolute Gasteiger partial charge is 0.412 e. The van der Waals surface area contributed by atoms with E-state index in [0.29, 0.717) is 35.6 Å². The van der Waals surface area contributed by atoms with Crippen LogP contribution in [0.2, 0.25) is 34.8 Å². The molecule has 4 heteroatoms. The van der Waals surface area contributed by atoms with E-state index in [9.17, 15) is 0 Å². The minimum Gasteiger partial charge on any atom is -0.412 e. The second-order valence-electron chi connectivity index (χ2n) is 11.5. The van der Waals surface area contributed by atoms with E-state index in [2.05, 4.69) is 88.7 Å². The van der Waals surface area contributed by atoms with Gasteiger partial charge in [0.15, 0.2) is 8.32 Å². The predicted molar refractivity (Wildman–Crippen MR) is 152 cm³/mol. The van der Waals surface area contributed by atoms with Gasteiger partial charge in [-0.1, -0.05) is 74.5 Å². The zero-order valence-electron chi connectivity index (χ0n) is 23.9. The highest BCUT2D eigenvalue weighted by Crippen LogP contribution is 2.48. The van der Waals surface area contributed by atoms with Crippen molar-refractivity contribution in [3.05, 3.63) is 23.3 Å². The third-order valence-electron chi connectivity index (χ3n) is 8.92. The first-order chi connectivity index (χ1) is 15.3. The Hall–Kier alpha value is -0.606. The highest BCUT2D eigenvalue weighted by Gasteiger charge is 2.48. The van der Waals surface area contributed by atoms with Crippen molar-refractivity contribution in [1.82, 2.24) is 0 Å². The Morgan fingerprint density at radius 3 is 1.91 bits per heavy atom. The van der Waals surface area contributed by atoms with Gasteiger partial charge in [0.1, 0.15) is 0 Å². The Labute approximate surface area is 209 Å². The fourth-order valence-electron chi connectivity index (χ4n) is 6.53. The fourth-order valence-corrected chi connectivity index (χ4v) is 15.0. The molecule has 1 rings (SSSR count). The SMILES string of the molecule is C#CC[C@]1(O[Si](CC)(CC)CC)C[C@@H](C(=C)C)CC(CO[Si](C(C)C)(C(C)C)C(C)C)=C1C. The summed E-state index contributed by atoms with van der Waals surface area (Å²) in [6, 6.07) is 3.40. The average Bonchev–Trinajstić information content (AvgIpc) is 2.74. The van der Waals surface area contributed by atoms with Crippen molar-refractivity contribution >= 4 is 16.6 Å². The average molecular weight is 491 g/mol. The molecule has 0 aromatic heterocycles. The summed E-state index contributed by atoms with van der Waals surface area (Å²) in [4.78, 5) is 0. The Kier molecular flexibility index (Phi) is 11.4. The second kappa shape index (κ2) is 12.4. The molecule has 33 heavy (non-hydrogen) atoms. The maximum absolute atomic E-state index is 7.31. The summed E-state index contributed by atoms with van der Waals surface area (Å²) in [5.74, 6) is 3.41. The molecule has 0 bridgehead atoms. The summed E-state index contributed by atoms with van der Waals surface area (Å²) in [5.41, 5.74) is 5.35. The van der Waals surface area contributed by atoms with Gasteiger partial charge in [0.2, 0.25) is 8.32 Å². The lowest BCUT2D eigenvalue weighted by Gasteiger charge is -2.49. The normalized spacial score (nSPS) is 22.4. The van der Waals surface area contributed by atoms with Crippen LogP contribution in [0.4, 0.5) is 0 Å². The third kappa shape index (κ3) is 6.34. The molecule has 0 spiro atoms. The number of rotatable bonds is 13. The standard InChI is InChI=1S/C29H54O2Si2/c1-14-18-29(31-32(15-2,16-3)17-4)20-27(22(5)6)19-28(26(29)13)21-30-33(23(7)8,24(9)10)25(11)12/h1,23-25,27H,5,15-21H2,2-4,6-13H3/t27-,29-/m0/s1. The maximum Gasteiger partial charge on any atom is 0.200 e. The molecule has 2 atom stereocenters. The van der Waals surface area contributed by atoms with Crippen LogP contribution in [0.25, 0.3) is 0 Å². The van der Waals surface area contributed by atoms with Crippen LogP contribution in [0.5, 0.6) is 0 Å². The van der Waals surface area contributed by atoms with E-state index in [-0.39, 0.29) is 5.60 Å². The Balaban J connectivity index is 3.56. The molecule has 0 fully saturated rings. The van der Waals surface area contributed by atoms with Crippen LogP contribution >= 0.6 is 0 Å². The molecular formula is C29H54O2Si2. The maximum atomic E-state index is 7.31. The first-order valence-corrected chi connectivity index (χ1v) is 18.1. The third-order valence-corrected chi connectivity index (χ3v) is 19.7. The van der Waals surface area contributed by atoms with Crippen LogP contribution in [-0.2, 0) is 8.85 Å². The predicted octanol–water partition coefficient (Wildman–Crippen LogP) is 9.27. The van der Waals surface area contributed by atoms with Crippen molar-refractivity contribution in [2.45, 2.75) is 136 Å². The monoisotopic (exact) mass is 490 g/mol. The van der Waals surface area contributed by atoms with Gasteiger partial charge in [-0.3, -0.25) is 0 Å². The van der Waals surface area contributed by atoms with Crippen molar-refractivity contribution in [3.63, 3.8) is 0 Å². The summed E-state index contributed by atoms with van der Waals surface area (Å²) in [6.07, 6.45) is 8.61. The van der Waals surface area contributed by atoms with E-state index in [1.807, 2.05) is 0 Å². The molecule has 2 nitrogen and oxygen atoms in total. The van der Waals surface area contributed by atoms with E-state index in [1.54, 1.807) is 0 Å². The Morgan fingerprint density at radius 1 is 1.06 bits per heavy atom. The molecule has 0 aromatic carbocycles. The van der Waals surface area contributed by atoms with Crippen molar-refractivity contribution in [2.75, 3.05) is 6.61 Å². The molecule has 190 valence electrons. The quantitative estimate of drug-likeness (QED) is 0.145. The minimum absolute atomic E-state index is 0.374. The van der Waals surface area contributed by atoms with E-state index < -0.39 is 16.6 Å². The molecule has 0 N–H and O–H groups in total. The van der Waals surface area contributed by atoms with E-state index >= 15 is 0 Å². The zero-order valence-corrected chi connectivity index (χ0v) is 25.9. The first kappa shape index (κ1) is 30.4. The summed E-state index contributed by atoms with van der Waals surface area (Å²) in [5, 5.41) is 0. The fraction of sp³-hybridized carbons (Fsp3) is 0.793. The smallest absolute Gasteiger partial charge is 0.200 e. The van der Waals surface area contributed by atoms with Crippen LogP contribution < -0.4 is 0 Å². The summed E-state index contributed by atoms with van der Waals surface area (Å²) < 4.78 is 14.4. The van der Waals surface area contributed by atoms with Crippen LogP contribution in [0.15, 0.2) is 23.3 Å². The van der Waals surface area contributed by atoms with Gasteiger partial charge in [-0.2, -0.15) is 0 Å². The molecule has 0 radical (unpaired) electrons. The number of hydrogen-bond acceptors (Lipinski definition) is 2. The zero-order chi connectivity index (χ0) is 25.6. The van der Waals surface area contributed by atoms with Gasteiger partial charge >= 0.3 is 0 Å². The van der Waals surface area contributed by atoms with E-state index in [0.717, 1.165) is 31.0 Å². The number of allylic oxidation sites excluding steroid dienone is 1. The first-order valence-electron chi connectivity index (χ1n) is 13.4. The lowest BCUT2D eigenvalue weighted by atomic mass is 9.71. The molecule has 0 unspecified atom stereocenters. The molecule has 0 aliphatic heterocycles. The Morgan fingerprint density at radius 2 is 1.55 bits per heavy atom. The van der Waals surface area contributed by atoms with Crippen LogP contribution in [0, 0.1) is 18.3 Å². The van der Waals surface area contributed by atoms with Gasteiger partial charge in [0, 0.05) is 6.42 Å². The van der Waals surface area contributed by atoms with Crippen molar-refractivity contribution < 1.29 is 8.85 Å². The van der Waals surface area contributed by atoms with Crippen molar-refractivity contribution in [3.8, 4) is 12.3 Å². The van der Waals surface area contributed by atoms with Crippen LogP contribution in [0.1, 0.15) is 95.4 Å². The molecule has 0 aromatic rings. The van der Waals surface area contributed by atoms with Gasteiger partial charge in [-0.15, -0.1) is 12.3 Å². The van der Waals surface area contributed by atoms with Crippen LogP contribution in [0.3, 0.4) is 0 Å². The summed E-state index contributed by atoms with van der Waals surface area (Å²) in [7, 11) is -3.81. The van der Waals surface area contributed by atoms with Gasteiger partial charge in [-0.05, 0) is 78.5 Å². The number of terminal acetylenes is 1. The summed E-state index contributed by atoms with van der Waals surface area (Å²) in [6.45, 7) is 30.6. The highest BCUT2D eigenvalue weighted by atomic mass is 28.4.